The predicted octanol–water partition coefficient (Wildman–Crippen LogP) is 4.04. The van der Waals surface area contributed by atoms with Gasteiger partial charge in [0.2, 0.25) is 6.79 Å². The molecule has 2 rings (SSSR count). The van der Waals surface area contributed by atoms with Crippen LogP contribution < -0.4 is 9.47 Å². The molecule has 0 N–H and O–H groups in total. The highest BCUT2D eigenvalue weighted by atomic mass is 16.7. The van der Waals surface area contributed by atoms with E-state index in [2.05, 4.69) is 6.07 Å². The van der Waals surface area contributed by atoms with Gasteiger partial charge in [-0.3, -0.25) is 9.59 Å². The van der Waals surface area contributed by atoms with Crippen molar-refractivity contribution in [2.24, 2.45) is 5.92 Å². The predicted molar refractivity (Wildman–Crippen MR) is 101 cm³/mol. The fourth-order valence-corrected chi connectivity index (χ4v) is 3.20. The average molecular weight is 378 g/mol. The Balaban J connectivity index is 1.65. The fourth-order valence-electron chi connectivity index (χ4n) is 3.20. The second kappa shape index (κ2) is 11.5. The lowest BCUT2D eigenvalue weighted by atomic mass is 9.99. The largest absolute Gasteiger partial charge is 0.465 e. The first-order valence-corrected chi connectivity index (χ1v) is 9.88. The minimum atomic E-state index is -0.797. The number of benzene rings is 1. The van der Waals surface area contributed by atoms with E-state index in [-0.39, 0.29) is 13.2 Å². The molecular weight excluding hydrogens is 348 g/mol. The highest BCUT2D eigenvalue weighted by molar-refractivity contribution is 5.94. The number of unbranched alkanes of at least 4 members (excludes halogenated alkanes) is 4. The summed E-state index contributed by atoms with van der Waals surface area (Å²) >= 11 is 0. The summed E-state index contributed by atoms with van der Waals surface area (Å²) in [5.74, 6) is -0.0400. The van der Waals surface area contributed by atoms with E-state index in [1.807, 2.05) is 12.1 Å². The van der Waals surface area contributed by atoms with Crippen LogP contribution in [0, 0.1) is 5.92 Å². The van der Waals surface area contributed by atoms with Gasteiger partial charge in [-0.25, -0.2) is 0 Å². The number of ether oxygens (including phenoxy) is 4. The summed E-state index contributed by atoms with van der Waals surface area (Å²) in [6.45, 7) is 4.31. The Hall–Kier alpha value is -2.24. The number of para-hydroxylation sites is 1. The Morgan fingerprint density at radius 2 is 1.63 bits per heavy atom. The molecule has 0 saturated heterocycles. The van der Waals surface area contributed by atoms with Crippen LogP contribution in [0.3, 0.4) is 0 Å². The van der Waals surface area contributed by atoms with Crippen molar-refractivity contribution in [2.45, 2.75) is 58.8 Å². The molecule has 0 atom stereocenters. The first-order chi connectivity index (χ1) is 13.2. The van der Waals surface area contributed by atoms with E-state index < -0.39 is 17.9 Å². The molecule has 1 aliphatic heterocycles. The molecule has 1 aromatic carbocycles. The molecule has 0 unspecified atom stereocenters. The van der Waals surface area contributed by atoms with Crippen molar-refractivity contribution in [3.05, 3.63) is 23.8 Å². The van der Waals surface area contributed by atoms with Gasteiger partial charge in [-0.1, -0.05) is 37.8 Å². The van der Waals surface area contributed by atoms with Gasteiger partial charge in [-0.15, -0.1) is 0 Å². The topological polar surface area (TPSA) is 71.1 Å². The standard InChI is InChI=1S/C21H30O6/c1-3-24-20(22)17(21(23)25-4-2)13-9-7-5-6-8-11-16-12-10-14-18-19(16)27-15-26-18/h10,12,14,17H,3-9,11,13,15H2,1-2H3. The molecule has 1 aromatic rings. The van der Waals surface area contributed by atoms with Gasteiger partial charge < -0.3 is 18.9 Å². The van der Waals surface area contributed by atoms with Gasteiger partial charge in [0.15, 0.2) is 17.4 Å². The molecule has 150 valence electrons. The van der Waals surface area contributed by atoms with E-state index in [9.17, 15) is 9.59 Å². The Kier molecular flexibility index (Phi) is 8.95. The molecule has 0 aromatic heterocycles. The zero-order valence-corrected chi connectivity index (χ0v) is 16.3. The summed E-state index contributed by atoms with van der Waals surface area (Å²) in [5, 5.41) is 0. The highest BCUT2D eigenvalue weighted by Crippen LogP contribution is 2.36. The number of hydrogen-bond acceptors (Lipinski definition) is 6. The van der Waals surface area contributed by atoms with Gasteiger partial charge in [-0.2, -0.15) is 0 Å². The van der Waals surface area contributed by atoms with Gasteiger partial charge in [0.05, 0.1) is 13.2 Å². The smallest absolute Gasteiger partial charge is 0.320 e. The van der Waals surface area contributed by atoms with Crippen molar-refractivity contribution in [3.8, 4) is 11.5 Å². The maximum atomic E-state index is 11.9. The Labute approximate surface area is 161 Å². The highest BCUT2D eigenvalue weighted by Gasteiger charge is 2.28. The summed E-state index contributed by atoms with van der Waals surface area (Å²) < 4.78 is 20.9. The molecule has 6 nitrogen and oxygen atoms in total. The van der Waals surface area contributed by atoms with E-state index in [0.717, 1.165) is 50.0 Å². The molecule has 0 bridgehead atoms. The van der Waals surface area contributed by atoms with Gasteiger partial charge in [-0.05, 0) is 44.7 Å². The van der Waals surface area contributed by atoms with E-state index >= 15 is 0 Å². The quantitative estimate of drug-likeness (QED) is 0.311. The van der Waals surface area contributed by atoms with E-state index in [1.54, 1.807) is 13.8 Å². The van der Waals surface area contributed by atoms with Crippen molar-refractivity contribution in [1.29, 1.82) is 0 Å². The lowest BCUT2D eigenvalue weighted by molar-refractivity contribution is -0.161. The van der Waals surface area contributed by atoms with Gasteiger partial charge in [0.25, 0.3) is 0 Å². The second-order valence-electron chi connectivity index (χ2n) is 6.51. The van der Waals surface area contributed by atoms with Crippen molar-refractivity contribution >= 4 is 11.9 Å². The molecule has 0 spiro atoms. The number of hydrogen-bond donors (Lipinski definition) is 0. The van der Waals surface area contributed by atoms with Crippen LogP contribution in [-0.4, -0.2) is 31.9 Å². The number of esters is 2. The molecule has 1 heterocycles. The summed E-state index contributed by atoms with van der Waals surface area (Å²) in [6.07, 6.45) is 6.44. The van der Waals surface area contributed by atoms with Crippen LogP contribution in [0.5, 0.6) is 11.5 Å². The fraction of sp³-hybridized carbons (Fsp3) is 0.619. The van der Waals surface area contributed by atoms with Crippen molar-refractivity contribution < 1.29 is 28.5 Å². The molecule has 6 heteroatoms. The number of carbonyl (C=O) groups is 2. The lowest BCUT2D eigenvalue weighted by Crippen LogP contribution is -2.28. The Morgan fingerprint density at radius 3 is 2.33 bits per heavy atom. The second-order valence-corrected chi connectivity index (χ2v) is 6.51. The van der Waals surface area contributed by atoms with Crippen molar-refractivity contribution in [1.82, 2.24) is 0 Å². The monoisotopic (exact) mass is 378 g/mol. The molecular formula is C21H30O6. The molecule has 0 radical (unpaired) electrons. The van der Waals surface area contributed by atoms with Crippen LogP contribution in [0.4, 0.5) is 0 Å². The van der Waals surface area contributed by atoms with Crippen LogP contribution in [0.2, 0.25) is 0 Å². The summed E-state index contributed by atoms with van der Waals surface area (Å²) in [6, 6.07) is 6.00. The average Bonchev–Trinajstić information content (AvgIpc) is 3.13. The summed E-state index contributed by atoms with van der Waals surface area (Å²) in [7, 11) is 0. The van der Waals surface area contributed by atoms with Crippen LogP contribution in [0.15, 0.2) is 18.2 Å². The molecule has 0 amide bonds. The van der Waals surface area contributed by atoms with Crippen molar-refractivity contribution in [3.63, 3.8) is 0 Å². The lowest BCUT2D eigenvalue weighted by Gasteiger charge is -2.14. The van der Waals surface area contributed by atoms with Crippen LogP contribution in [0.25, 0.3) is 0 Å². The van der Waals surface area contributed by atoms with Gasteiger partial charge in [0, 0.05) is 0 Å². The van der Waals surface area contributed by atoms with E-state index in [1.165, 1.54) is 5.56 Å². The number of rotatable bonds is 12. The van der Waals surface area contributed by atoms with Crippen LogP contribution in [0.1, 0.15) is 57.9 Å². The van der Waals surface area contributed by atoms with Gasteiger partial charge >= 0.3 is 11.9 Å². The number of fused-ring (bicyclic) bond motifs is 1. The molecule has 1 aliphatic rings. The minimum absolute atomic E-state index is 0.271. The Bertz CT molecular complexity index is 595. The number of carbonyl (C=O) groups excluding carboxylic acids is 2. The van der Waals surface area contributed by atoms with E-state index in [4.69, 9.17) is 18.9 Å². The van der Waals surface area contributed by atoms with Crippen LogP contribution >= 0.6 is 0 Å². The third kappa shape index (κ3) is 6.45. The summed E-state index contributed by atoms with van der Waals surface area (Å²) in [5.41, 5.74) is 1.19. The van der Waals surface area contributed by atoms with Crippen LogP contribution in [-0.2, 0) is 25.5 Å². The molecule has 0 aliphatic carbocycles. The maximum absolute atomic E-state index is 11.9. The minimum Gasteiger partial charge on any atom is -0.465 e. The zero-order valence-electron chi connectivity index (χ0n) is 16.3. The third-order valence-corrected chi connectivity index (χ3v) is 4.56. The maximum Gasteiger partial charge on any atom is 0.320 e. The van der Waals surface area contributed by atoms with E-state index in [0.29, 0.717) is 13.2 Å². The summed E-state index contributed by atoms with van der Waals surface area (Å²) in [4.78, 5) is 23.9. The molecule has 0 saturated carbocycles. The third-order valence-electron chi connectivity index (χ3n) is 4.56. The first-order valence-electron chi connectivity index (χ1n) is 9.88. The first kappa shape index (κ1) is 21.1. The Morgan fingerprint density at radius 1 is 0.963 bits per heavy atom. The molecule has 0 fully saturated rings. The number of aryl methyl sites for hydroxylation is 1. The normalized spacial score (nSPS) is 12.3. The zero-order chi connectivity index (χ0) is 19.5. The van der Waals surface area contributed by atoms with Crippen molar-refractivity contribution in [2.75, 3.05) is 20.0 Å². The molecule has 27 heavy (non-hydrogen) atoms. The van der Waals surface area contributed by atoms with Gasteiger partial charge in [0.1, 0.15) is 0 Å². The SMILES string of the molecule is CCOC(=O)C(CCCCCCCc1cccc2c1OCO2)C(=O)OCC.